The van der Waals surface area contributed by atoms with Gasteiger partial charge in [-0.1, -0.05) is 0 Å². The Balaban J connectivity index is 2.25. The van der Waals surface area contributed by atoms with Crippen LogP contribution in [0.5, 0.6) is 5.75 Å². The average molecular weight is 428 g/mol. The van der Waals surface area contributed by atoms with E-state index in [1.165, 1.54) is 12.1 Å². The second kappa shape index (κ2) is 9.73. The summed E-state index contributed by atoms with van der Waals surface area (Å²) in [5.74, 6) is -1.35. The summed E-state index contributed by atoms with van der Waals surface area (Å²) in [6.45, 7) is 5.16. The van der Waals surface area contributed by atoms with Crippen molar-refractivity contribution in [3.05, 3.63) is 23.3 Å². The molecule has 0 aliphatic carbocycles. The maximum Gasteiger partial charge on any atom is 0.410 e. The molecule has 1 fully saturated rings. The van der Waals surface area contributed by atoms with Crippen molar-refractivity contribution in [3.8, 4) is 5.75 Å². The van der Waals surface area contributed by atoms with Crippen LogP contribution in [0.3, 0.4) is 0 Å². The molecule has 8 nitrogen and oxygen atoms in total. The Morgan fingerprint density at radius 1 is 1.17 bits per heavy atom. The molecule has 1 saturated heterocycles. The first-order chi connectivity index (χ1) is 14.1. The van der Waals surface area contributed by atoms with Gasteiger partial charge in [-0.3, -0.25) is 4.79 Å². The van der Waals surface area contributed by atoms with Crippen LogP contribution in [-0.2, 0) is 9.47 Å². The summed E-state index contributed by atoms with van der Waals surface area (Å²) in [5.41, 5.74) is -0.651. The zero-order valence-electron chi connectivity index (χ0n) is 17.4. The van der Waals surface area contributed by atoms with Crippen LogP contribution in [0.2, 0.25) is 0 Å². The molecule has 0 N–H and O–H groups in total. The minimum absolute atomic E-state index is 0.0135. The van der Waals surface area contributed by atoms with Gasteiger partial charge in [0.25, 0.3) is 0 Å². The monoisotopic (exact) mass is 428 g/mol. The number of hydrogen-bond donors (Lipinski definition) is 0. The molecule has 1 aliphatic rings. The first-order valence-electron chi connectivity index (χ1n) is 9.53. The Labute approximate surface area is 173 Å². The minimum Gasteiger partial charge on any atom is -0.462 e. The van der Waals surface area contributed by atoms with Crippen molar-refractivity contribution >= 4 is 24.0 Å². The summed E-state index contributed by atoms with van der Waals surface area (Å²) >= 11 is 0. The lowest BCUT2D eigenvalue weighted by atomic mass is 10.0. The van der Waals surface area contributed by atoms with Crippen molar-refractivity contribution in [2.75, 3.05) is 37.7 Å². The molecule has 0 bridgehead atoms. The standard InChI is InChI=1S/C20H26F2N2O6/c1-5-28-17(26)16-13(12-25)10-14(11-15(16)29-18(21)22)23-6-8-24(9-7-23)19(27)30-20(2,3)4/h10-12,18H,5-9H2,1-4H3. The van der Waals surface area contributed by atoms with Crippen LogP contribution >= 0.6 is 0 Å². The fraction of sp³-hybridized carbons (Fsp3) is 0.550. The predicted octanol–water partition coefficient (Wildman–Crippen LogP) is 3.33. The summed E-state index contributed by atoms with van der Waals surface area (Å²) in [6.07, 6.45) is -0.0412. The summed E-state index contributed by atoms with van der Waals surface area (Å²) in [5, 5.41) is 0. The molecule has 1 aromatic rings. The van der Waals surface area contributed by atoms with Crippen LogP contribution < -0.4 is 9.64 Å². The zero-order chi connectivity index (χ0) is 22.5. The van der Waals surface area contributed by atoms with Gasteiger partial charge < -0.3 is 24.0 Å². The maximum absolute atomic E-state index is 12.9. The molecular formula is C20H26F2N2O6. The van der Waals surface area contributed by atoms with Crippen LogP contribution in [0.4, 0.5) is 19.3 Å². The van der Waals surface area contributed by atoms with Crippen molar-refractivity contribution in [2.24, 2.45) is 0 Å². The molecule has 0 aromatic heterocycles. The molecule has 1 amide bonds. The van der Waals surface area contributed by atoms with Gasteiger partial charge in [0.05, 0.1) is 6.61 Å². The van der Waals surface area contributed by atoms with E-state index in [-0.39, 0.29) is 17.7 Å². The third kappa shape index (κ3) is 6.04. The molecule has 2 rings (SSSR count). The highest BCUT2D eigenvalue weighted by Gasteiger charge is 2.28. The highest BCUT2D eigenvalue weighted by atomic mass is 19.3. The number of alkyl halides is 2. The largest absolute Gasteiger partial charge is 0.462 e. The number of benzene rings is 1. The summed E-state index contributed by atoms with van der Waals surface area (Å²) < 4.78 is 40.5. The van der Waals surface area contributed by atoms with Crippen molar-refractivity contribution < 1.29 is 37.4 Å². The number of amides is 1. The van der Waals surface area contributed by atoms with Crippen LogP contribution in [0, 0.1) is 0 Å². The maximum atomic E-state index is 12.9. The van der Waals surface area contributed by atoms with E-state index < -0.39 is 30.0 Å². The van der Waals surface area contributed by atoms with E-state index in [4.69, 9.17) is 9.47 Å². The lowest BCUT2D eigenvalue weighted by Crippen LogP contribution is -2.50. The second-order valence-corrected chi connectivity index (χ2v) is 7.58. The second-order valence-electron chi connectivity index (χ2n) is 7.58. The van der Waals surface area contributed by atoms with Gasteiger partial charge in [-0.05, 0) is 33.8 Å². The number of nitrogens with zero attached hydrogens (tertiary/aromatic N) is 2. The fourth-order valence-electron chi connectivity index (χ4n) is 2.98. The minimum atomic E-state index is -3.18. The van der Waals surface area contributed by atoms with Gasteiger partial charge in [-0.15, -0.1) is 0 Å². The number of ether oxygens (including phenoxy) is 3. The Hall–Kier alpha value is -2.91. The van der Waals surface area contributed by atoms with Gasteiger partial charge in [-0.25, -0.2) is 9.59 Å². The molecule has 10 heteroatoms. The quantitative estimate of drug-likeness (QED) is 0.507. The molecule has 1 aliphatic heterocycles. The topological polar surface area (TPSA) is 85.4 Å². The van der Waals surface area contributed by atoms with Crippen molar-refractivity contribution in [1.29, 1.82) is 0 Å². The summed E-state index contributed by atoms with van der Waals surface area (Å²) in [6, 6.07) is 2.69. The van der Waals surface area contributed by atoms with Gasteiger partial charge in [0, 0.05) is 43.5 Å². The van der Waals surface area contributed by atoms with E-state index in [0.29, 0.717) is 38.2 Å². The number of anilines is 1. The van der Waals surface area contributed by atoms with Gasteiger partial charge in [0.1, 0.15) is 16.9 Å². The summed E-state index contributed by atoms with van der Waals surface area (Å²) in [4.78, 5) is 39.3. The number of halogens is 2. The molecule has 0 unspecified atom stereocenters. The van der Waals surface area contributed by atoms with Crippen LogP contribution in [0.25, 0.3) is 0 Å². The number of aldehydes is 1. The predicted molar refractivity (Wildman–Crippen MR) is 104 cm³/mol. The molecule has 1 heterocycles. The Morgan fingerprint density at radius 2 is 1.80 bits per heavy atom. The lowest BCUT2D eigenvalue weighted by molar-refractivity contribution is -0.0504. The average Bonchev–Trinajstić information content (AvgIpc) is 2.65. The van der Waals surface area contributed by atoms with Crippen LogP contribution in [-0.4, -0.2) is 68.2 Å². The molecule has 1 aromatic carbocycles. The number of esters is 1. The third-order valence-electron chi connectivity index (χ3n) is 4.24. The molecule has 0 atom stereocenters. The molecule has 0 saturated carbocycles. The van der Waals surface area contributed by atoms with E-state index in [9.17, 15) is 23.2 Å². The highest BCUT2D eigenvalue weighted by Crippen LogP contribution is 2.31. The van der Waals surface area contributed by atoms with Crippen molar-refractivity contribution in [2.45, 2.75) is 39.9 Å². The van der Waals surface area contributed by atoms with Crippen LogP contribution in [0.1, 0.15) is 48.4 Å². The van der Waals surface area contributed by atoms with Gasteiger partial charge >= 0.3 is 18.7 Å². The van der Waals surface area contributed by atoms with Gasteiger partial charge in [0.2, 0.25) is 0 Å². The number of piperazine rings is 1. The van der Waals surface area contributed by atoms with E-state index in [0.717, 1.165) is 0 Å². The third-order valence-corrected chi connectivity index (χ3v) is 4.24. The van der Waals surface area contributed by atoms with Gasteiger partial charge in [0.15, 0.2) is 6.29 Å². The molecular weight excluding hydrogens is 402 g/mol. The van der Waals surface area contributed by atoms with Crippen molar-refractivity contribution in [1.82, 2.24) is 4.90 Å². The number of rotatable bonds is 6. The smallest absolute Gasteiger partial charge is 0.410 e. The Bertz CT molecular complexity index is 786. The Kier molecular flexibility index (Phi) is 7.58. The van der Waals surface area contributed by atoms with E-state index >= 15 is 0 Å². The first kappa shape index (κ1) is 23.4. The normalized spacial score (nSPS) is 14.5. The lowest BCUT2D eigenvalue weighted by Gasteiger charge is -2.37. The molecule has 0 spiro atoms. The summed E-state index contributed by atoms with van der Waals surface area (Å²) in [7, 11) is 0. The van der Waals surface area contributed by atoms with Gasteiger partial charge in [-0.2, -0.15) is 8.78 Å². The molecule has 30 heavy (non-hydrogen) atoms. The van der Waals surface area contributed by atoms with E-state index in [2.05, 4.69) is 4.74 Å². The first-order valence-corrected chi connectivity index (χ1v) is 9.53. The SMILES string of the molecule is CCOC(=O)c1c(C=O)cc(N2CCN(C(=O)OC(C)(C)C)CC2)cc1OC(F)F. The fourth-order valence-corrected chi connectivity index (χ4v) is 2.98. The number of carbonyl (C=O) groups is 3. The van der Waals surface area contributed by atoms with E-state index in [1.807, 2.05) is 0 Å². The Morgan fingerprint density at radius 3 is 2.30 bits per heavy atom. The van der Waals surface area contributed by atoms with E-state index in [1.54, 1.807) is 37.5 Å². The zero-order valence-corrected chi connectivity index (χ0v) is 17.4. The number of hydrogen-bond acceptors (Lipinski definition) is 7. The van der Waals surface area contributed by atoms with Crippen molar-refractivity contribution in [3.63, 3.8) is 0 Å². The highest BCUT2D eigenvalue weighted by molar-refractivity contribution is 6.02. The molecule has 166 valence electrons. The number of carbonyl (C=O) groups excluding carboxylic acids is 3. The van der Waals surface area contributed by atoms with Crippen LogP contribution in [0.15, 0.2) is 12.1 Å². The molecule has 0 radical (unpaired) electrons.